The Bertz CT molecular complexity index is 1620. The van der Waals surface area contributed by atoms with E-state index in [4.69, 9.17) is 18.9 Å². The number of guanidine groups is 1. The molecule has 1 N–H and O–H groups in total. The van der Waals surface area contributed by atoms with Gasteiger partial charge in [0.15, 0.2) is 24.4 Å². The molecule has 0 spiro atoms. The molecule has 15 heteroatoms. The van der Waals surface area contributed by atoms with Crippen molar-refractivity contribution in [2.24, 2.45) is 4.99 Å². The van der Waals surface area contributed by atoms with E-state index < -0.39 is 54.2 Å². The van der Waals surface area contributed by atoms with Crippen molar-refractivity contribution in [3.8, 4) is 0 Å². The van der Waals surface area contributed by atoms with Crippen molar-refractivity contribution in [1.82, 2.24) is 14.9 Å². The van der Waals surface area contributed by atoms with Gasteiger partial charge in [0, 0.05) is 25.4 Å². The van der Waals surface area contributed by atoms with E-state index in [-0.39, 0.29) is 18.9 Å². The van der Waals surface area contributed by atoms with E-state index in [1.54, 1.807) is 24.5 Å². The second-order valence-corrected chi connectivity index (χ2v) is 15.0. The number of hydrogen-bond acceptors (Lipinski definition) is 13. The summed E-state index contributed by atoms with van der Waals surface area (Å²) < 4.78 is 21.5. The van der Waals surface area contributed by atoms with Crippen molar-refractivity contribution < 1.29 is 42.9 Å². The largest absolute Gasteiger partial charge is 0.451 e. The minimum absolute atomic E-state index is 0.189. The number of halogens is 1. The lowest BCUT2D eigenvalue weighted by molar-refractivity contribution is -0.183. The molecule has 310 valence electrons. The molecule has 1 aliphatic rings. The summed E-state index contributed by atoms with van der Waals surface area (Å²) in [4.78, 5) is 77.8. The van der Waals surface area contributed by atoms with Gasteiger partial charge in [-0.05, 0) is 62.2 Å². The summed E-state index contributed by atoms with van der Waals surface area (Å²) in [6, 6.07) is 3.56. The number of rotatable bonds is 25. The van der Waals surface area contributed by atoms with Crippen LogP contribution in [0.3, 0.4) is 0 Å². The predicted octanol–water partition coefficient (Wildman–Crippen LogP) is 7.99. The first kappa shape index (κ1) is 46.2. The molecule has 3 rings (SSSR count). The highest BCUT2D eigenvalue weighted by Crippen LogP contribution is 2.29. The lowest BCUT2D eigenvalue weighted by Gasteiger charge is -2.24. The number of benzene rings is 1. The lowest BCUT2D eigenvalue weighted by atomic mass is 10.0. The molecule has 2 aromatic rings. The van der Waals surface area contributed by atoms with Gasteiger partial charge in [-0.3, -0.25) is 29.4 Å². The molecule has 0 fully saturated rings. The fourth-order valence-corrected chi connectivity index (χ4v) is 6.65. The van der Waals surface area contributed by atoms with Crippen molar-refractivity contribution in [2.75, 3.05) is 18.4 Å². The maximum Gasteiger partial charge on any atom is 0.347 e. The van der Waals surface area contributed by atoms with E-state index in [1.807, 2.05) is 0 Å². The molecule has 4 atom stereocenters. The molecule has 0 aliphatic carbocycles. The van der Waals surface area contributed by atoms with Gasteiger partial charge in [0.05, 0.1) is 22.2 Å². The highest BCUT2D eigenvalue weighted by Gasteiger charge is 2.33. The van der Waals surface area contributed by atoms with E-state index in [0.29, 0.717) is 34.2 Å². The van der Waals surface area contributed by atoms with Crippen molar-refractivity contribution in [3.05, 3.63) is 29.0 Å². The van der Waals surface area contributed by atoms with Gasteiger partial charge in [-0.25, -0.2) is 14.4 Å². The van der Waals surface area contributed by atoms with Gasteiger partial charge in [0.1, 0.15) is 5.52 Å². The van der Waals surface area contributed by atoms with Crippen LogP contribution >= 0.6 is 15.9 Å². The molecule has 1 aromatic heterocycles. The molecule has 0 bridgehead atoms. The van der Waals surface area contributed by atoms with Crippen molar-refractivity contribution in [2.45, 2.75) is 162 Å². The summed E-state index contributed by atoms with van der Waals surface area (Å²) >= 11 is 3.53. The van der Waals surface area contributed by atoms with E-state index in [1.165, 1.54) is 103 Å². The van der Waals surface area contributed by atoms with E-state index >= 15 is 0 Å². The molecule has 1 amide bonds. The fourth-order valence-electron chi connectivity index (χ4n) is 6.11. The summed E-state index contributed by atoms with van der Waals surface area (Å²) in [7, 11) is 0. The lowest BCUT2D eigenvalue weighted by Crippen LogP contribution is -2.45. The number of aliphatic imine (C=N–C) groups is 1. The normalized spacial score (nSPS) is 14.7. The molecule has 1 aromatic carbocycles. The van der Waals surface area contributed by atoms with Crippen molar-refractivity contribution >= 4 is 68.4 Å². The average molecular weight is 847 g/mol. The Labute approximate surface area is 339 Å². The number of ether oxygens (including phenoxy) is 4. The number of nitrogens with one attached hydrogen (secondary N) is 1. The molecular weight excluding hydrogens is 786 g/mol. The van der Waals surface area contributed by atoms with Crippen LogP contribution < -0.4 is 5.32 Å². The molecular formula is C41H60BrN5O9. The first-order valence-electron chi connectivity index (χ1n) is 20.3. The highest BCUT2D eigenvalue weighted by atomic mass is 79.9. The third-order valence-electron chi connectivity index (χ3n) is 9.45. The van der Waals surface area contributed by atoms with Crippen molar-refractivity contribution in [1.29, 1.82) is 0 Å². The summed E-state index contributed by atoms with van der Waals surface area (Å²) in [5.74, 6) is -3.69. The van der Waals surface area contributed by atoms with Crippen LogP contribution in [0.1, 0.15) is 137 Å². The monoisotopic (exact) mass is 845 g/mol. The Morgan fingerprint density at radius 1 is 0.679 bits per heavy atom. The number of unbranched alkanes of at least 4 members (excludes halogenated alkanes) is 14. The van der Waals surface area contributed by atoms with E-state index in [0.717, 1.165) is 19.3 Å². The van der Waals surface area contributed by atoms with Crippen LogP contribution in [0.25, 0.3) is 11.0 Å². The van der Waals surface area contributed by atoms with Crippen LogP contribution in [0.5, 0.6) is 0 Å². The number of hydrogen-bond donors (Lipinski definition) is 1. The minimum Gasteiger partial charge on any atom is -0.451 e. The number of aromatic nitrogens is 2. The molecule has 4 unspecified atom stereocenters. The molecule has 1 aliphatic heterocycles. The van der Waals surface area contributed by atoms with Crippen LogP contribution in [0.15, 0.2) is 34.0 Å². The van der Waals surface area contributed by atoms with Gasteiger partial charge in [-0.1, -0.05) is 96.8 Å². The Balaban J connectivity index is 1.28. The average Bonchev–Trinajstić information content (AvgIpc) is 3.65. The molecule has 0 saturated heterocycles. The van der Waals surface area contributed by atoms with Crippen LogP contribution in [0, 0.1) is 0 Å². The minimum atomic E-state index is -1.41. The highest BCUT2D eigenvalue weighted by molar-refractivity contribution is 9.10. The number of anilines is 1. The number of fused-ring (bicyclic) bond motifs is 1. The van der Waals surface area contributed by atoms with Gasteiger partial charge in [0.2, 0.25) is 5.96 Å². The van der Waals surface area contributed by atoms with Crippen LogP contribution in [0.2, 0.25) is 0 Å². The number of amides is 1. The van der Waals surface area contributed by atoms with Gasteiger partial charge in [-0.15, -0.1) is 0 Å². The number of carbonyl (C=O) groups is 5. The third kappa shape index (κ3) is 15.8. The van der Waals surface area contributed by atoms with Crippen molar-refractivity contribution in [3.63, 3.8) is 0 Å². The first-order chi connectivity index (χ1) is 26.9. The zero-order valence-corrected chi connectivity index (χ0v) is 35.3. The Hall–Kier alpha value is -4.14. The fraction of sp³-hybridized carbons (Fsp3) is 0.659. The smallest absolute Gasteiger partial charge is 0.347 e. The molecule has 0 radical (unpaired) electrons. The van der Waals surface area contributed by atoms with Crippen LogP contribution in [-0.2, 0) is 42.9 Å². The first-order valence-corrected chi connectivity index (χ1v) is 21.0. The topological polar surface area (TPSA) is 176 Å². The van der Waals surface area contributed by atoms with E-state index in [9.17, 15) is 24.0 Å². The maximum absolute atomic E-state index is 13.3. The quantitative estimate of drug-likeness (QED) is 0.0580. The number of esters is 4. The summed E-state index contributed by atoms with van der Waals surface area (Å²) in [5, 5.41) is 3.13. The zero-order valence-electron chi connectivity index (χ0n) is 33.7. The molecule has 0 saturated carbocycles. The summed E-state index contributed by atoms with van der Waals surface area (Å²) in [6.07, 6.45) is 16.4. The van der Waals surface area contributed by atoms with E-state index in [2.05, 4.69) is 43.1 Å². The van der Waals surface area contributed by atoms with Gasteiger partial charge in [-0.2, -0.15) is 0 Å². The second kappa shape index (κ2) is 25.2. The predicted molar refractivity (Wildman–Crippen MR) is 217 cm³/mol. The Kier molecular flexibility index (Phi) is 20.8. The third-order valence-corrected chi connectivity index (χ3v) is 10.2. The van der Waals surface area contributed by atoms with Gasteiger partial charge >= 0.3 is 23.9 Å². The van der Waals surface area contributed by atoms with Crippen LogP contribution in [0.4, 0.5) is 5.69 Å². The number of carbonyl (C=O) groups excluding carboxylic acids is 5. The maximum atomic E-state index is 13.3. The zero-order chi connectivity index (χ0) is 40.9. The molecule has 2 heterocycles. The van der Waals surface area contributed by atoms with Gasteiger partial charge in [0.25, 0.3) is 5.91 Å². The standard InChI is InChI=1S/C41H60BrN5O9/c1-6-7-8-9-10-11-12-13-14-15-16-17-18-19-20-21-34(48)53-29(3)38(50)55-31(5)40(52)56-30(4)39(51)54-28(2)37(49)47-27-26-45-41(47)46-32-22-23-33-36(35(32)42)44-25-24-43-33/h22-25,28-31H,6-21,26-27H2,1-5H3,(H,45,46). The SMILES string of the molecule is CCCCCCCCCCCCCCCCCC(=O)OC(C)C(=O)OC(C)C(=O)OC(C)C(=O)OC(C)C(=O)N1CCN=C1Nc1ccc2nccnc2c1Br. The van der Waals surface area contributed by atoms with Gasteiger partial charge < -0.3 is 24.3 Å². The Morgan fingerprint density at radius 3 is 1.71 bits per heavy atom. The molecule has 56 heavy (non-hydrogen) atoms. The Morgan fingerprint density at radius 2 is 1.16 bits per heavy atom. The summed E-state index contributed by atoms with van der Waals surface area (Å²) in [5.41, 5.74) is 1.92. The number of nitrogens with zero attached hydrogens (tertiary/aromatic N) is 4. The van der Waals surface area contributed by atoms with Crippen LogP contribution in [-0.4, -0.2) is 88.1 Å². The molecule has 14 nitrogen and oxygen atoms in total. The second-order valence-electron chi connectivity index (χ2n) is 14.2. The summed E-state index contributed by atoms with van der Waals surface area (Å²) in [6.45, 7) is 8.16.